The van der Waals surface area contributed by atoms with Crippen molar-refractivity contribution >= 4 is 17.1 Å². The van der Waals surface area contributed by atoms with Gasteiger partial charge in [0.15, 0.2) is 12.0 Å². The van der Waals surface area contributed by atoms with Crippen LogP contribution in [0, 0.1) is 0 Å². The van der Waals surface area contributed by atoms with Crippen molar-refractivity contribution in [2.75, 3.05) is 33.8 Å². The molecular formula is C27H30N4O7. The maximum Gasteiger partial charge on any atom is 0.417 e. The topological polar surface area (TPSA) is 127 Å². The molecule has 3 atom stereocenters. The van der Waals surface area contributed by atoms with Gasteiger partial charge in [-0.1, -0.05) is 30.4 Å². The van der Waals surface area contributed by atoms with E-state index in [1.807, 2.05) is 18.2 Å². The van der Waals surface area contributed by atoms with Gasteiger partial charge in [-0.25, -0.2) is 19.7 Å². The average molecular weight is 523 g/mol. The van der Waals surface area contributed by atoms with Gasteiger partial charge in [-0.3, -0.25) is 0 Å². The maximum absolute atomic E-state index is 12.6. The van der Waals surface area contributed by atoms with Crippen LogP contribution >= 0.6 is 0 Å². The third-order valence-corrected chi connectivity index (χ3v) is 6.55. The van der Waals surface area contributed by atoms with Crippen molar-refractivity contribution in [3.05, 3.63) is 77.9 Å². The van der Waals surface area contributed by atoms with E-state index >= 15 is 0 Å². The predicted molar refractivity (Wildman–Crippen MR) is 136 cm³/mol. The van der Waals surface area contributed by atoms with Gasteiger partial charge in [0, 0.05) is 18.7 Å². The van der Waals surface area contributed by atoms with E-state index in [-0.39, 0.29) is 25.5 Å². The molecule has 2 aliphatic heterocycles. The minimum atomic E-state index is -1.00. The van der Waals surface area contributed by atoms with Gasteiger partial charge in [0.25, 0.3) is 0 Å². The predicted octanol–water partition coefficient (Wildman–Crippen LogP) is 2.75. The lowest BCUT2D eigenvalue weighted by molar-refractivity contribution is 0.00726. The Morgan fingerprint density at radius 1 is 1.26 bits per heavy atom. The molecule has 11 heteroatoms. The van der Waals surface area contributed by atoms with Gasteiger partial charge in [-0.2, -0.15) is 0 Å². The molecule has 0 saturated carbocycles. The summed E-state index contributed by atoms with van der Waals surface area (Å²) in [5.41, 5.74) is 2.76. The summed E-state index contributed by atoms with van der Waals surface area (Å²) in [4.78, 5) is 24.4. The Balaban J connectivity index is 1.18. The van der Waals surface area contributed by atoms with Crippen LogP contribution in [0.3, 0.4) is 0 Å². The minimum Gasteiger partial charge on any atom is -0.480 e. The van der Waals surface area contributed by atoms with Crippen LogP contribution in [0.2, 0.25) is 0 Å². The Hall–Kier alpha value is -3.93. The first-order valence-corrected chi connectivity index (χ1v) is 12.3. The molecule has 0 spiro atoms. The number of aliphatic hydroxyl groups is 2. The highest BCUT2D eigenvalue weighted by Crippen LogP contribution is 2.30. The summed E-state index contributed by atoms with van der Waals surface area (Å²) in [6, 6.07) is 5.39. The molecule has 3 aliphatic rings. The number of carbonyl (C=O) groups excluding carboxylic acids is 1. The molecule has 11 nitrogen and oxygen atoms in total. The third kappa shape index (κ3) is 5.49. The molecule has 1 aromatic carbocycles. The van der Waals surface area contributed by atoms with Crippen molar-refractivity contribution in [1.29, 1.82) is 0 Å². The van der Waals surface area contributed by atoms with E-state index in [1.165, 1.54) is 30.7 Å². The zero-order valence-corrected chi connectivity index (χ0v) is 21.2. The Morgan fingerprint density at radius 3 is 2.92 bits per heavy atom. The van der Waals surface area contributed by atoms with Crippen LogP contribution in [-0.2, 0) is 14.2 Å². The lowest BCUT2D eigenvalue weighted by atomic mass is 10.0. The van der Waals surface area contributed by atoms with E-state index in [0.717, 1.165) is 18.4 Å². The van der Waals surface area contributed by atoms with E-state index in [2.05, 4.69) is 16.0 Å². The van der Waals surface area contributed by atoms with Crippen LogP contribution < -0.4 is 4.74 Å². The van der Waals surface area contributed by atoms with Crippen LogP contribution in [0.4, 0.5) is 4.79 Å². The second kappa shape index (κ2) is 11.2. The lowest BCUT2D eigenvalue weighted by Crippen LogP contribution is -2.41. The number of allylic oxidation sites excluding steroid dienone is 4. The van der Waals surface area contributed by atoms with Crippen molar-refractivity contribution in [3.63, 3.8) is 0 Å². The number of hydrogen-bond acceptors (Lipinski definition) is 10. The molecule has 3 heterocycles. The molecule has 0 radical (unpaired) electrons. The third-order valence-electron chi connectivity index (χ3n) is 6.55. The number of methoxy groups -OCH3 is 1. The Labute approximate surface area is 219 Å². The van der Waals surface area contributed by atoms with E-state index in [1.54, 1.807) is 24.1 Å². The van der Waals surface area contributed by atoms with Gasteiger partial charge in [0.1, 0.15) is 18.5 Å². The highest BCUT2D eigenvalue weighted by Gasteiger charge is 2.40. The van der Waals surface area contributed by atoms with E-state index < -0.39 is 24.4 Å². The van der Waals surface area contributed by atoms with Crippen molar-refractivity contribution in [1.82, 2.24) is 19.8 Å². The van der Waals surface area contributed by atoms with Crippen LogP contribution in [0.15, 0.2) is 72.4 Å². The summed E-state index contributed by atoms with van der Waals surface area (Å²) >= 11 is 0. The number of likely N-dealkylation sites (N-methyl/N-ethyl adjacent to an activating group) is 1. The number of aliphatic hydroxyl groups excluding tert-OH is 2. The largest absolute Gasteiger partial charge is 0.480 e. The number of rotatable bonds is 9. The molecule has 1 saturated heterocycles. The number of aromatic nitrogens is 2. The number of amides is 1. The average Bonchev–Trinajstić information content (AvgIpc) is 3.34. The van der Waals surface area contributed by atoms with Gasteiger partial charge >= 0.3 is 6.09 Å². The number of nitrogens with zero attached hydrogens (tertiary/aromatic N) is 4. The molecule has 38 heavy (non-hydrogen) atoms. The first-order valence-electron chi connectivity index (χ1n) is 12.3. The van der Waals surface area contributed by atoms with Crippen LogP contribution in [0.25, 0.3) is 11.0 Å². The molecule has 1 aromatic heterocycles. The van der Waals surface area contributed by atoms with E-state index in [4.69, 9.17) is 18.9 Å². The summed E-state index contributed by atoms with van der Waals surface area (Å²) in [7, 11) is 3.27. The molecule has 1 aliphatic carbocycles. The zero-order chi connectivity index (χ0) is 26.6. The number of cyclic esters (lactones) is 1. The first-order chi connectivity index (χ1) is 18.4. The molecule has 1 amide bonds. The fraction of sp³-hybridized carbons (Fsp3) is 0.370. The molecular weight excluding hydrogens is 492 g/mol. The smallest absolute Gasteiger partial charge is 0.417 e. The number of carbonyl (C=O) groups is 1. The standard InChI is InChI=1S/C27H30N4O7/c1-30(12-20(32)18-9-6-10-19-26(18)29-24(35-2)11-28-19)13-21(33)22-14-31(27(34)38-22)25-16-36-15-23(37-25)17-7-4-3-5-8-17/h3-4,6-7,9-11,15-16,20-22,32-33H,5,8,12-14H2,1-2H3/t20-,21?,22-/m0/s1. The lowest BCUT2D eigenvalue weighted by Gasteiger charge is -2.26. The maximum atomic E-state index is 12.6. The van der Waals surface area contributed by atoms with Crippen molar-refractivity contribution < 1.29 is 34.0 Å². The van der Waals surface area contributed by atoms with Gasteiger partial charge < -0.3 is 34.1 Å². The quantitative estimate of drug-likeness (QED) is 0.508. The highest BCUT2D eigenvalue weighted by molar-refractivity contribution is 5.78. The minimum absolute atomic E-state index is 0.0938. The summed E-state index contributed by atoms with van der Waals surface area (Å²) in [6.07, 6.45) is 8.72. The van der Waals surface area contributed by atoms with E-state index in [0.29, 0.717) is 28.2 Å². The normalized spacial score (nSPS) is 20.8. The number of benzene rings is 1. The second-order valence-electron chi connectivity index (χ2n) is 9.30. The van der Waals surface area contributed by atoms with Crippen molar-refractivity contribution in [2.24, 2.45) is 0 Å². The highest BCUT2D eigenvalue weighted by atomic mass is 16.6. The summed E-state index contributed by atoms with van der Waals surface area (Å²) in [5.74, 6) is 1.09. The molecule has 1 unspecified atom stereocenters. The number of ether oxygens (including phenoxy) is 4. The second-order valence-corrected chi connectivity index (χ2v) is 9.30. The zero-order valence-electron chi connectivity index (χ0n) is 21.2. The molecule has 1 fully saturated rings. The number of hydrogen-bond donors (Lipinski definition) is 2. The Bertz CT molecular complexity index is 1320. The Morgan fingerprint density at radius 2 is 2.13 bits per heavy atom. The summed E-state index contributed by atoms with van der Waals surface area (Å²) in [5, 5.41) is 21.8. The monoisotopic (exact) mass is 522 g/mol. The van der Waals surface area contributed by atoms with Crippen LogP contribution in [0.1, 0.15) is 24.5 Å². The van der Waals surface area contributed by atoms with Crippen molar-refractivity contribution in [3.8, 4) is 5.88 Å². The molecule has 200 valence electrons. The summed E-state index contributed by atoms with van der Waals surface area (Å²) in [6.45, 7) is 0.458. The molecule has 2 N–H and O–H groups in total. The van der Waals surface area contributed by atoms with Gasteiger partial charge in [-0.05, 0) is 31.5 Å². The van der Waals surface area contributed by atoms with E-state index in [9.17, 15) is 15.0 Å². The fourth-order valence-corrected chi connectivity index (χ4v) is 4.56. The van der Waals surface area contributed by atoms with Crippen molar-refractivity contribution in [2.45, 2.75) is 31.2 Å². The van der Waals surface area contributed by atoms with Crippen LogP contribution in [0.5, 0.6) is 5.88 Å². The van der Waals surface area contributed by atoms with Gasteiger partial charge in [0.05, 0.1) is 37.0 Å². The van der Waals surface area contributed by atoms with Crippen LogP contribution in [-0.4, -0.2) is 82.1 Å². The molecule has 5 rings (SSSR count). The Kier molecular flexibility index (Phi) is 7.59. The molecule has 0 bridgehead atoms. The fourth-order valence-electron chi connectivity index (χ4n) is 4.56. The summed E-state index contributed by atoms with van der Waals surface area (Å²) < 4.78 is 21.9. The van der Waals surface area contributed by atoms with Gasteiger partial charge in [-0.15, -0.1) is 0 Å². The first kappa shape index (κ1) is 25.7. The number of para-hydroxylation sites is 1. The SMILES string of the molecule is COc1cnc2cccc([C@@H](O)CN(C)CC(O)[C@@H]3CN(C4=COC=C(C5=CC=CCC5)O4)C(=O)O3)c2n1. The number of fused-ring (bicyclic) bond motifs is 1. The molecule has 2 aromatic rings. The van der Waals surface area contributed by atoms with Gasteiger partial charge in [0.2, 0.25) is 11.8 Å².